The summed E-state index contributed by atoms with van der Waals surface area (Å²) in [7, 11) is 0. The first kappa shape index (κ1) is 27.7. The Morgan fingerprint density at radius 2 is 1.74 bits per heavy atom. The van der Waals surface area contributed by atoms with Gasteiger partial charge in [0.2, 0.25) is 0 Å². The van der Waals surface area contributed by atoms with Crippen LogP contribution in [0.4, 0.5) is 0 Å². The number of hydrogen-bond donors (Lipinski definition) is 1. The molecule has 5 heteroatoms. The molecule has 0 bridgehead atoms. The number of rotatable bonds is 4. The molecule has 3 nitrogen and oxygen atoms in total. The first-order valence-electron chi connectivity index (χ1n) is 11.0. The van der Waals surface area contributed by atoms with Crippen molar-refractivity contribution in [3.8, 4) is 21.7 Å². The Balaban J connectivity index is 0.000000449. The number of allylic oxidation sites excluding steroid dienone is 2. The van der Waals surface area contributed by atoms with Crippen molar-refractivity contribution in [2.45, 2.75) is 47.5 Å². The molecular weight excluding hydrogens is 619 g/mol. The van der Waals surface area contributed by atoms with Crippen molar-refractivity contribution in [3.63, 3.8) is 0 Å². The van der Waals surface area contributed by atoms with Crippen LogP contribution in [0.1, 0.15) is 50.3 Å². The molecule has 1 radical (unpaired) electrons. The molecule has 4 aromatic rings. The zero-order valence-electron chi connectivity index (χ0n) is 20.4. The van der Waals surface area contributed by atoms with Crippen LogP contribution in [0.5, 0.6) is 0 Å². The van der Waals surface area contributed by atoms with E-state index in [9.17, 15) is 4.79 Å². The summed E-state index contributed by atoms with van der Waals surface area (Å²) in [5, 5.41) is 9.61. The third kappa shape index (κ3) is 7.46. The van der Waals surface area contributed by atoms with E-state index < -0.39 is 0 Å². The van der Waals surface area contributed by atoms with Gasteiger partial charge in [0, 0.05) is 37.3 Å². The summed E-state index contributed by atoms with van der Waals surface area (Å²) < 4.78 is 1.22. The number of benzene rings is 2. The van der Waals surface area contributed by atoms with Gasteiger partial charge in [0.25, 0.3) is 0 Å². The second-order valence-electron chi connectivity index (χ2n) is 8.65. The maximum Gasteiger partial charge on any atom is 0.155 e. The molecule has 179 valence electrons. The van der Waals surface area contributed by atoms with Crippen LogP contribution in [-0.4, -0.2) is 15.9 Å². The molecular formula is C29H30IrNO2S-. The van der Waals surface area contributed by atoms with E-state index >= 15 is 0 Å². The predicted octanol–water partition coefficient (Wildman–Crippen LogP) is 8.21. The minimum atomic E-state index is -0.125. The summed E-state index contributed by atoms with van der Waals surface area (Å²) in [6.45, 7) is 11.5. The van der Waals surface area contributed by atoms with E-state index in [2.05, 4.69) is 87.3 Å². The first-order chi connectivity index (χ1) is 15.6. The molecule has 1 N–H and O–H groups in total. The number of carbonyl (C=O) groups excluding carboxylic acids is 1. The average molecular weight is 649 g/mol. The van der Waals surface area contributed by atoms with E-state index in [1.807, 2.05) is 6.20 Å². The Morgan fingerprint density at radius 3 is 2.26 bits per heavy atom. The summed E-state index contributed by atoms with van der Waals surface area (Å²) in [5.74, 6) is 0.500. The van der Waals surface area contributed by atoms with Gasteiger partial charge in [-0.2, -0.15) is 0 Å². The fourth-order valence-electron chi connectivity index (χ4n) is 3.60. The molecule has 34 heavy (non-hydrogen) atoms. The van der Waals surface area contributed by atoms with Gasteiger partial charge < -0.3 is 10.1 Å². The van der Waals surface area contributed by atoms with Crippen LogP contribution in [0.3, 0.4) is 0 Å². The fourth-order valence-corrected chi connectivity index (χ4v) is 4.61. The molecule has 2 aromatic heterocycles. The van der Waals surface area contributed by atoms with Crippen LogP contribution in [0.25, 0.3) is 31.8 Å². The number of pyridine rings is 1. The van der Waals surface area contributed by atoms with E-state index in [4.69, 9.17) is 5.11 Å². The second kappa shape index (κ2) is 12.2. The standard InChI is InChI=1S/C24H22NS.C5H8O2.Ir/c1-15(2)18-5-7-19(8-6-18)23-13-21-12-22(25-14-24(21)26-23)20-10-16(3)9-17(4)11-20;1-4(6)3-5(2)7;/h5-10,12-15H,1-4H3;3,6H,1-2H3;/q-1;;/b;4-3-;. The van der Waals surface area contributed by atoms with Gasteiger partial charge in [0.15, 0.2) is 5.78 Å². The van der Waals surface area contributed by atoms with E-state index in [-0.39, 0.29) is 31.6 Å². The Kier molecular flexibility index (Phi) is 9.93. The molecule has 0 atom stereocenters. The van der Waals surface area contributed by atoms with Gasteiger partial charge in [0.1, 0.15) is 0 Å². The summed E-state index contributed by atoms with van der Waals surface area (Å²) in [5.41, 5.74) is 7.11. The molecule has 0 unspecified atom stereocenters. The molecule has 0 amide bonds. The molecule has 0 aliphatic heterocycles. The van der Waals surface area contributed by atoms with Crippen LogP contribution in [0.15, 0.2) is 66.6 Å². The number of ketones is 1. The molecule has 0 fully saturated rings. The van der Waals surface area contributed by atoms with Gasteiger partial charge in [-0.05, 0) is 48.0 Å². The van der Waals surface area contributed by atoms with E-state index in [1.165, 1.54) is 51.6 Å². The van der Waals surface area contributed by atoms with Crippen LogP contribution < -0.4 is 0 Å². The van der Waals surface area contributed by atoms with Crippen molar-refractivity contribution in [2.24, 2.45) is 0 Å². The molecule has 0 aliphatic carbocycles. The van der Waals surface area contributed by atoms with Crippen molar-refractivity contribution < 1.29 is 30.0 Å². The zero-order chi connectivity index (χ0) is 24.1. The molecule has 2 heterocycles. The minimum absolute atomic E-state index is 0. The molecule has 0 saturated heterocycles. The molecule has 0 saturated carbocycles. The third-order valence-electron chi connectivity index (χ3n) is 5.10. The fraction of sp³-hybridized carbons (Fsp3) is 0.241. The van der Waals surface area contributed by atoms with Gasteiger partial charge in [0.05, 0.1) is 10.5 Å². The van der Waals surface area contributed by atoms with Gasteiger partial charge in [-0.3, -0.25) is 4.79 Å². The topological polar surface area (TPSA) is 50.2 Å². The normalized spacial score (nSPS) is 11.1. The van der Waals surface area contributed by atoms with Gasteiger partial charge in [-0.1, -0.05) is 58.0 Å². The van der Waals surface area contributed by atoms with E-state index in [1.54, 1.807) is 11.3 Å². The Hall–Kier alpha value is -2.59. The first-order valence-corrected chi connectivity index (χ1v) is 11.8. The van der Waals surface area contributed by atoms with Gasteiger partial charge in [-0.15, -0.1) is 46.2 Å². The summed E-state index contributed by atoms with van der Waals surface area (Å²) >= 11 is 1.80. The van der Waals surface area contributed by atoms with Crippen LogP contribution in [-0.2, 0) is 24.9 Å². The Morgan fingerprint density at radius 1 is 1.06 bits per heavy atom. The number of aliphatic hydroxyl groups excluding tert-OH is 1. The monoisotopic (exact) mass is 649 g/mol. The molecule has 0 spiro atoms. The summed E-state index contributed by atoms with van der Waals surface area (Å²) in [6.07, 6.45) is 3.16. The largest absolute Gasteiger partial charge is 0.512 e. The number of fused-ring (bicyclic) bond motifs is 1. The molecule has 4 rings (SSSR count). The number of aromatic nitrogens is 1. The number of thiophene rings is 1. The third-order valence-corrected chi connectivity index (χ3v) is 6.24. The SMILES string of the molecule is CC(=O)/C=C(/C)O.Cc1[c-]c(-c2cc3cc(-c4ccc(C(C)C)cc4)sc3cn2)cc(C)c1.[Ir]. The van der Waals surface area contributed by atoms with Crippen molar-refractivity contribution in [1.82, 2.24) is 4.98 Å². The zero-order valence-corrected chi connectivity index (χ0v) is 23.6. The average Bonchev–Trinajstić information content (AvgIpc) is 3.16. The predicted molar refractivity (Wildman–Crippen MR) is 140 cm³/mol. The molecule has 2 aromatic carbocycles. The maximum absolute atomic E-state index is 10.0. The van der Waals surface area contributed by atoms with Crippen molar-refractivity contribution in [1.29, 1.82) is 0 Å². The van der Waals surface area contributed by atoms with Crippen molar-refractivity contribution in [3.05, 3.63) is 89.3 Å². The van der Waals surface area contributed by atoms with Gasteiger partial charge in [-0.25, -0.2) is 0 Å². The Bertz CT molecular complexity index is 1280. The summed E-state index contributed by atoms with van der Waals surface area (Å²) in [4.78, 5) is 16.0. The number of hydrogen-bond acceptors (Lipinski definition) is 4. The number of aryl methyl sites for hydroxylation is 2. The van der Waals surface area contributed by atoms with E-state index in [0.717, 1.165) is 16.8 Å². The summed E-state index contributed by atoms with van der Waals surface area (Å²) in [6, 6.07) is 21.1. The smallest absolute Gasteiger partial charge is 0.155 e. The van der Waals surface area contributed by atoms with Crippen LogP contribution >= 0.6 is 11.3 Å². The van der Waals surface area contributed by atoms with Crippen LogP contribution in [0.2, 0.25) is 0 Å². The van der Waals surface area contributed by atoms with Crippen LogP contribution in [0, 0.1) is 19.9 Å². The van der Waals surface area contributed by atoms with Crippen molar-refractivity contribution >= 4 is 27.2 Å². The van der Waals surface area contributed by atoms with Crippen molar-refractivity contribution in [2.75, 3.05) is 0 Å². The number of aliphatic hydroxyl groups is 1. The Labute approximate surface area is 219 Å². The quantitative estimate of drug-likeness (QED) is 0.138. The number of nitrogens with zero attached hydrogens (tertiary/aromatic N) is 1. The van der Waals surface area contributed by atoms with E-state index in [0.29, 0.717) is 5.92 Å². The molecule has 0 aliphatic rings. The second-order valence-corrected chi connectivity index (χ2v) is 9.73. The minimum Gasteiger partial charge on any atom is -0.512 e. The number of carbonyl (C=O) groups is 1. The van der Waals surface area contributed by atoms with Gasteiger partial charge >= 0.3 is 0 Å². The maximum atomic E-state index is 10.0.